The third-order valence-corrected chi connectivity index (χ3v) is 13.1. The van der Waals surface area contributed by atoms with Crippen LogP contribution in [-0.2, 0) is 0 Å². The van der Waals surface area contributed by atoms with Crippen molar-refractivity contribution in [3.05, 3.63) is 200 Å². The average molecular weight is 788 g/mol. The van der Waals surface area contributed by atoms with Gasteiger partial charge in [0.2, 0.25) is 5.95 Å². The van der Waals surface area contributed by atoms with Gasteiger partial charge >= 0.3 is 0 Å². The van der Waals surface area contributed by atoms with Crippen molar-refractivity contribution in [1.82, 2.24) is 24.1 Å². The van der Waals surface area contributed by atoms with E-state index in [1.165, 1.54) is 76.2 Å². The number of aromatic nitrogens is 5. The molecule has 0 radical (unpaired) electrons. The summed E-state index contributed by atoms with van der Waals surface area (Å²) in [6.45, 7) is 0. The Morgan fingerprint density at radius 1 is 0.274 bits per heavy atom. The molecular formula is C57H33N5. The second kappa shape index (κ2) is 12.6. The van der Waals surface area contributed by atoms with Crippen LogP contribution in [0, 0.1) is 0 Å². The van der Waals surface area contributed by atoms with Gasteiger partial charge in [0, 0.05) is 43.7 Å². The van der Waals surface area contributed by atoms with E-state index < -0.39 is 0 Å². The molecule has 286 valence electrons. The summed E-state index contributed by atoms with van der Waals surface area (Å²) < 4.78 is 4.69. The van der Waals surface area contributed by atoms with Gasteiger partial charge in [0.1, 0.15) is 0 Å². The molecule has 0 N–H and O–H groups in total. The molecule has 0 saturated heterocycles. The van der Waals surface area contributed by atoms with E-state index in [2.05, 4.69) is 209 Å². The maximum Gasteiger partial charge on any atom is 0.238 e. The van der Waals surface area contributed by atoms with Gasteiger partial charge in [-0.05, 0) is 97.7 Å². The molecule has 0 fully saturated rings. The molecule has 13 aromatic rings. The molecule has 0 bridgehead atoms. The van der Waals surface area contributed by atoms with Crippen LogP contribution >= 0.6 is 0 Å². The first-order valence-corrected chi connectivity index (χ1v) is 21.1. The smallest absolute Gasteiger partial charge is 0.238 e. The molecule has 5 heteroatoms. The van der Waals surface area contributed by atoms with Crippen LogP contribution in [0.4, 0.5) is 0 Å². The van der Waals surface area contributed by atoms with E-state index in [1.54, 1.807) is 0 Å². The first-order chi connectivity index (χ1) is 30.7. The summed E-state index contributed by atoms with van der Waals surface area (Å²) in [5.74, 6) is 1.83. The van der Waals surface area contributed by atoms with E-state index in [4.69, 9.17) is 15.0 Å². The van der Waals surface area contributed by atoms with Crippen LogP contribution in [0.15, 0.2) is 200 Å². The predicted molar refractivity (Wildman–Crippen MR) is 256 cm³/mol. The number of para-hydroxylation sites is 1. The van der Waals surface area contributed by atoms with Crippen LogP contribution < -0.4 is 0 Å². The Labute approximate surface area is 355 Å². The van der Waals surface area contributed by atoms with Crippen molar-refractivity contribution in [1.29, 1.82) is 0 Å². The van der Waals surface area contributed by atoms with Crippen molar-refractivity contribution in [2.45, 2.75) is 0 Å². The maximum atomic E-state index is 5.38. The molecule has 3 aromatic heterocycles. The van der Waals surface area contributed by atoms with Gasteiger partial charge in [-0.25, -0.2) is 4.98 Å². The monoisotopic (exact) mass is 787 g/mol. The van der Waals surface area contributed by atoms with Crippen molar-refractivity contribution < 1.29 is 0 Å². The molecule has 0 amide bonds. The third-order valence-electron chi connectivity index (χ3n) is 13.1. The highest BCUT2D eigenvalue weighted by Crippen LogP contribution is 2.51. The summed E-state index contributed by atoms with van der Waals surface area (Å²) in [5, 5.41) is 12.2. The highest BCUT2D eigenvalue weighted by molar-refractivity contribution is 6.38. The van der Waals surface area contributed by atoms with Crippen molar-refractivity contribution in [3.8, 4) is 56.7 Å². The summed E-state index contributed by atoms with van der Waals surface area (Å²) in [6, 6.07) is 72.0. The summed E-state index contributed by atoms with van der Waals surface area (Å²) >= 11 is 0. The molecule has 0 atom stereocenters. The summed E-state index contributed by atoms with van der Waals surface area (Å²) in [7, 11) is 0. The highest BCUT2D eigenvalue weighted by Gasteiger charge is 2.28. The van der Waals surface area contributed by atoms with E-state index in [-0.39, 0.29) is 0 Å². The second-order valence-corrected chi connectivity index (χ2v) is 16.4. The molecule has 0 saturated carbocycles. The van der Waals surface area contributed by atoms with Crippen LogP contribution in [0.3, 0.4) is 0 Å². The number of hydrogen-bond donors (Lipinski definition) is 0. The lowest BCUT2D eigenvalue weighted by Gasteiger charge is -2.13. The van der Waals surface area contributed by atoms with E-state index >= 15 is 0 Å². The van der Waals surface area contributed by atoms with Gasteiger partial charge < -0.3 is 4.57 Å². The first kappa shape index (κ1) is 33.4. The van der Waals surface area contributed by atoms with E-state index in [9.17, 15) is 0 Å². The molecule has 1 aliphatic carbocycles. The minimum atomic E-state index is 0.585. The normalized spacial score (nSPS) is 12.2. The fourth-order valence-corrected chi connectivity index (χ4v) is 10.3. The molecule has 3 heterocycles. The Morgan fingerprint density at radius 2 is 0.758 bits per heavy atom. The summed E-state index contributed by atoms with van der Waals surface area (Å²) in [5.41, 5.74) is 12.3. The molecule has 10 aromatic carbocycles. The number of rotatable bonds is 5. The van der Waals surface area contributed by atoms with Gasteiger partial charge in [-0.1, -0.05) is 152 Å². The van der Waals surface area contributed by atoms with Gasteiger partial charge in [-0.2, -0.15) is 9.97 Å². The van der Waals surface area contributed by atoms with Gasteiger partial charge in [0.25, 0.3) is 0 Å². The predicted octanol–water partition coefficient (Wildman–Crippen LogP) is 14.5. The Kier molecular flexibility index (Phi) is 6.77. The number of fused-ring (bicyclic) bond motifs is 3. The van der Waals surface area contributed by atoms with Crippen molar-refractivity contribution in [2.24, 2.45) is 0 Å². The van der Waals surface area contributed by atoms with Crippen molar-refractivity contribution in [2.75, 3.05) is 0 Å². The standard InChI is InChI=1S/C57H33N5/c1-2-14-43(15-3-1)61-46-18-8-16-44-45-17-9-19-47-52(45)54-49(31-29-37-28-30-48(61)53(50(37)54)51(44)46)62(47)57-59-55(58-56(60-57)42-27-23-35-11-5-7-13-40(35)33-42)38-24-20-36(21-25-38)41-26-22-34-10-4-6-12-39(34)32-41/h1-33H. The third kappa shape index (κ3) is 4.70. The van der Waals surface area contributed by atoms with Gasteiger partial charge in [-0.15, -0.1) is 0 Å². The van der Waals surface area contributed by atoms with E-state index in [0.29, 0.717) is 17.6 Å². The van der Waals surface area contributed by atoms with E-state index in [0.717, 1.165) is 38.8 Å². The van der Waals surface area contributed by atoms with Crippen molar-refractivity contribution in [3.63, 3.8) is 0 Å². The van der Waals surface area contributed by atoms with Crippen LogP contribution in [0.25, 0.3) is 133 Å². The Balaban J connectivity index is 1.04. The zero-order valence-corrected chi connectivity index (χ0v) is 33.3. The molecule has 62 heavy (non-hydrogen) atoms. The Bertz CT molecular complexity index is 4030. The minimum Gasteiger partial charge on any atom is -0.309 e. The fraction of sp³-hybridized carbons (Fsp3) is 0. The van der Waals surface area contributed by atoms with Crippen molar-refractivity contribution >= 4 is 75.9 Å². The SMILES string of the molecule is c1ccc(-n2c3cccc4c3c3c5c(ccc32)ccc2c5c3c-4cccc3n2-c2nc(-c3ccc(-c4ccc5ccccc5c4)cc3)nc(-c3ccc4ccccc4c3)n2)cc1. The Morgan fingerprint density at radius 3 is 1.42 bits per heavy atom. The molecule has 14 rings (SSSR count). The van der Waals surface area contributed by atoms with Crippen LogP contribution in [-0.4, -0.2) is 24.1 Å². The first-order valence-electron chi connectivity index (χ1n) is 21.1. The topological polar surface area (TPSA) is 48.5 Å². The zero-order chi connectivity index (χ0) is 40.5. The minimum absolute atomic E-state index is 0.585. The van der Waals surface area contributed by atoms with Gasteiger partial charge in [-0.3, -0.25) is 4.57 Å². The molecule has 5 nitrogen and oxygen atoms in total. The average Bonchev–Trinajstić information content (AvgIpc) is 3.83. The maximum absolute atomic E-state index is 5.38. The van der Waals surface area contributed by atoms with Crippen LogP contribution in [0.2, 0.25) is 0 Å². The Hall–Kier alpha value is -8.41. The second-order valence-electron chi connectivity index (χ2n) is 16.4. The molecule has 0 spiro atoms. The number of nitrogens with zero attached hydrogens (tertiary/aromatic N) is 5. The highest BCUT2D eigenvalue weighted by atomic mass is 15.2. The fourth-order valence-electron chi connectivity index (χ4n) is 10.3. The molecule has 0 unspecified atom stereocenters. The quantitative estimate of drug-likeness (QED) is 0.175. The largest absolute Gasteiger partial charge is 0.309 e. The lowest BCUT2D eigenvalue weighted by Crippen LogP contribution is -2.06. The number of hydrogen-bond acceptors (Lipinski definition) is 3. The summed E-state index contributed by atoms with van der Waals surface area (Å²) in [4.78, 5) is 16.0. The lowest BCUT2D eigenvalue weighted by molar-refractivity contribution is 0.954. The van der Waals surface area contributed by atoms with Crippen LogP contribution in [0.5, 0.6) is 0 Å². The molecular weight excluding hydrogens is 755 g/mol. The number of benzene rings is 10. The summed E-state index contributed by atoms with van der Waals surface area (Å²) in [6.07, 6.45) is 0. The van der Waals surface area contributed by atoms with Gasteiger partial charge in [0.05, 0.1) is 22.1 Å². The lowest BCUT2D eigenvalue weighted by atomic mass is 9.98. The molecule has 0 aliphatic heterocycles. The van der Waals surface area contributed by atoms with E-state index in [1.807, 2.05) is 0 Å². The van der Waals surface area contributed by atoms with Crippen LogP contribution in [0.1, 0.15) is 0 Å². The van der Waals surface area contributed by atoms with Gasteiger partial charge in [0.15, 0.2) is 11.6 Å². The molecule has 1 aliphatic rings. The zero-order valence-electron chi connectivity index (χ0n) is 33.3.